The largest absolute Gasteiger partial charge is 0.325 e. The van der Waals surface area contributed by atoms with Crippen molar-refractivity contribution >= 4 is 0 Å². The number of aromatic amines is 1. The van der Waals surface area contributed by atoms with Crippen LogP contribution in [-0.4, -0.2) is 10.2 Å². The van der Waals surface area contributed by atoms with E-state index in [2.05, 4.69) is 24.0 Å². The zero-order valence-corrected chi connectivity index (χ0v) is 8.02. The Morgan fingerprint density at radius 2 is 2.17 bits per heavy atom. The maximum atomic E-state index is 5.56. The highest BCUT2D eigenvalue weighted by molar-refractivity contribution is 5.24. The van der Waals surface area contributed by atoms with Crippen molar-refractivity contribution < 1.29 is 0 Å². The van der Waals surface area contributed by atoms with Gasteiger partial charge in [-0.15, -0.1) is 0 Å². The van der Waals surface area contributed by atoms with Crippen LogP contribution in [0.15, 0.2) is 0 Å². The summed E-state index contributed by atoms with van der Waals surface area (Å²) in [5.74, 6) is 0.659. The number of nitrogens with one attached hydrogen (secondary N) is 1. The van der Waals surface area contributed by atoms with E-state index >= 15 is 0 Å². The molecule has 68 valence electrons. The summed E-state index contributed by atoms with van der Waals surface area (Å²) in [5.41, 5.74) is 9.03. The predicted molar refractivity (Wildman–Crippen MR) is 49.8 cm³/mol. The number of rotatable bonds is 3. The van der Waals surface area contributed by atoms with Crippen molar-refractivity contribution in [1.82, 2.24) is 10.2 Å². The minimum Gasteiger partial charge on any atom is -0.325 e. The van der Waals surface area contributed by atoms with Gasteiger partial charge in [0.05, 0.1) is 5.69 Å². The van der Waals surface area contributed by atoms with E-state index in [0.29, 0.717) is 12.5 Å². The molecule has 0 amide bonds. The third-order valence-corrected chi connectivity index (χ3v) is 1.97. The van der Waals surface area contributed by atoms with Crippen LogP contribution in [0, 0.1) is 12.8 Å². The van der Waals surface area contributed by atoms with Gasteiger partial charge in [-0.2, -0.15) is 5.10 Å². The molecule has 0 aliphatic rings. The molecule has 0 radical (unpaired) electrons. The molecule has 1 rings (SSSR count). The van der Waals surface area contributed by atoms with Crippen LogP contribution in [-0.2, 0) is 13.0 Å². The molecule has 0 saturated carbocycles. The lowest BCUT2D eigenvalue weighted by Gasteiger charge is -2.04. The van der Waals surface area contributed by atoms with Crippen molar-refractivity contribution in [3.8, 4) is 0 Å². The molecular formula is C9H17N3. The molecule has 12 heavy (non-hydrogen) atoms. The van der Waals surface area contributed by atoms with E-state index in [4.69, 9.17) is 5.73 Å². The van der Waals surface area contributed by atoms with Crippen LogP contribution >= 0.6 is 0 Å². The van der Waals surface area contributed by atoms with Gasteiger partial charge in [0.15, 0.2) is 0 Å². The summed E-state index contributed by atoms with van der Waals surface area (Å²) in [4.78, 5) is 0. The molecule has 3 N–H and O–H groups in total. The fourth-order valence-corrected chi connectivity index (χ4v) is 1.35. The fraction of sp³-hybridized carbons (Fsp3) is 0.667. The summed E-state index contributed by atoms with van der Waals surface area (Å²) in [6.45, 7) is 6.98. The van der Waals surface area contributed by atoms with Gasteiger partial charge in [-0.05, 0) is 24.8 Å². The SMILES string of the molecule is Cc1[nH]nc(CN)c1CC(C)C. The quantitative estimate of drug-likeness (QED) is 0.714. The van der Waals surface area contributed by atoms with Crippen molar-refractivity contribution in [2.45, 2.75) is 33.7 Å². The van der Waals surface area contributed by atoms with E-state index in [1.165, 1.54) is 5.56 Å². The van der Waals surface area contributed by atoms with E-state index < -0.39 is 0 Å². The second-order valence-corrected chi connectivity index (χ2v) is 3.58. The van der Waals surface area contributed by atoms with Crippen LogP contribution < -0.4 is 5.73 Å². The number of nitrogens with two attached hydrogens (primary N) is 1. The molecule has 0 bridgehead atoms. The van der Waals surface area contributed by atoms with Crippen LogP contribution in [0.4, 0.5) is 0 Å². The lowest BCUT2D eigenvalue weighted by atomic mass is 10.0. The molecule has 0 aromatic carbocycles. The van der Waals surface area contributed by atoms with Crippen molar-refractivity contribution in [1.29, 1.82) is 0 Å². The number of aryl methyl sites for hydroxylation is 1. The molecule has 3 heteroatoms. The first-order valence-electron chi connectivity index (χ1n) is 4.38. The normalized spacial score (nSPS) is 11.1. The average Bonchev–Trinajstić information content (AvgIpc) is 2.32. The predicted octanol–water partition coefficient (Wildman–Crippen LogP) is 1.38. The molecule has 0 spiro atoms. The Bertz CT molecular complexity index is 250. The minimum absolute atomic E-state index is 0.534. The molecule has 3 nitrogen and oxygen atoms in total. The summed E-state index contributed by atoms with van der Waals surface area (Å²) in [6, 6.07) is 0. The van der Waals surface area contributed by atoms with Crippen LogP contribution in [0.2, 0.25) is 0 Å². The smallest absolute Gasteiger partial charge is 0.0792 e. The van der Waals surface area contributed by atoms with Gasteiger partial charge >= 0.3 is 0 Å². The second-order valence-electron chi connectivity index (χ2n) is 3.58. The summed E-state index contributed by atoms with van der Waals surface area (Å²) < 4.78 is 0. The lowest BCUT2D eigenvalue weighted by molar-refractivity contribution is 0.640. The molecule has 0 atom stereocenters. The molecule has 1 heterocycles. The number of aromatic nitrogens is 2. The second kappa shape index (κ2) is 3.72. The number of H-pyrrole nitrogens is 1. The minimum atomic E-state index is 0.534. The Labute approximate surface area is 73.4 Å². The number of hydrogen-bond acceptors (Lipinski definition) is 2. The highest BCUT2D eigenvalue weighted by atomic mass is 15.1. The zero-order chi connectivity index (χ0) is 9.14. The molecular weight excluding hydrogens is 150 g/mol. The number of hydrogen-bond donors (Lipinski definition) is 2. The molecule has 0 unspecified atom stereocenters. The molecule has 1 aromatic heterocycles. The van der Waals surface area contributed by atoms with Crippen molar-refractivity contribution in [2.75, 3.05) is 0 Å². The van der Waals surface area contributed by atoms with E-state index in [0.717, 1.165) is 17.8 Å². The van der Waals surface area contributed by atoms with Crippen LogP contribution in [0.5, 0.6) is 0 Å². The summed E-state index contributed by atoms with van der Waals surface area (Å²) >= 11 is 0. The Kier molecular flexibility index (Phi) is 2.87. The van der Waals surface area contributed by atoms with Gasteiger partial charge in [-0.3, -0.25) is 5.10 Å². The van der Waals surface area contributed by atoms with E-state index in [9.17, 15) is 0 Å². The summed E-state index contributed by atoms with van der Waals surface area (Å²) in [6.07, 6.45) is 1.06. The van der Waals surface area contributed by atoms with Crippen LogP contribution in [0.3, 0.4) is 0 Å². The Morgan fingerprint density at radius 1 is 1.50 bits per heavy atom. The zero-order valence-electron chi connectivity index (χ0n) is 8.02. The highest BCUT2D eigenvalue weighted by Crippen LogP contribution is 2.14. The van der Waals surface area contributed by atoms with Crippen LogP contribution in [0.1, 0.15) is 30.8 Å². The first kappa shape index (κ1) is 9.26. The first-order valence-corrected chi connectivity index (χ1v) is 4.38. The number of nitrogens with zero attached hydrogens (tertiary/aromatic N) is 1. The Hall–Kier alpha value is -0.830. The van der Waals surface area contributed by atoms with Gasteiger partial charge < -0.3 is 5.73 Å². The molecule has 0 fully saturated rings. The standard InChI is InChI=1S/C9H17N3/c1-6(2)4-8-7(3)11-12-9(8)5-10/h6H,4-5,10H2,1-3H3,(H,11,12). The van der Waals surface area contributed by atoms with Gasteiger partial charge in [-0.25, -0.2) is 0 Å². The average molecular weight is 167 g/mol. The topological polar surface area (TPSA) is 54.7 Å². The Balaban J connectivity index is 2.86. The Morgan fingerprint density at radius 3 is 2.67 bits per heavy atom. The van der Waals surface area contributed by atoms with Gasteiger partial charge in [-0.1, -0.05) is 13.8 Å². The third kappa shape index (κ3) is 1.85. The van der Waals surface area contributed by atoms with Crippen LogP contribution in [0.25, 0.3) is 0 Å². The van der Waals surface area contributed by atoms with Gasteiger partial charge in [0.1, 0.15) is 0 Å². The monoisotopic (exact) mass is 167 g/mol. The van der Waals surface area contributed by atoms with Crippen molar-refractivity contribution in [3.63, 3.8) is 0 Å². The van der Waals surface area contributed by atoms with Crippen molar-refractivity contribution in [3.05, 3.63) is 17.0 Å². The van der Waals surface area contributed by atoms with Gasteiger partial charge in [0, 0.05) is 12.2 Å². The van der Waals surface area contributed by atoms with Crippen molar-refractivity contribution in [2.24, 2.45) is 11.7 Å². The molecule has 0 saturated heterocycles. The summed E-state index contributed by atoms with van der Waals surface area (Å²) in [5, 5.41) is 7.10. The van der Waals surface area contributed by atoms with Gasteiger partial charge in [0.25, 0.3) is 0 Å². The van der Waals surface area contributed by atoms with E-state index in [1.807, 2.05) is 6.92 Å². The third-order valence-electron chi connectivity index (χ3n) is 1.97. The maximum absolute atomic E-state index is 5.56. The van der Waals surface area contributed by atoms with E-state index in [1.54, 1.807) is 0 Å². The molecule has 0 aliphatic carbocycles. The summed E-state index contributed by atoms with van der Waals surface area (Å²) in [7, 11) is 0. The lowest BCUT2D eigenvalue weighted by Crippen LogP contribution is -2.03. The fourth-order valence-electron chi connectivity index (χ4n) is 1.35. The van der Waals surface area contributed by atoms with Gasteiger partial charge in [0.2, 0.25) is 0 Å². The first-order chi connectivity index (χ1) is 5.65. The highest BCUT2D eigenvalue weighted by Gasteiger charge is 2.09. The molecule has 0 aliphatic heterocycles. The van der Waals surface area contributed by atoms with E-state index in [-0.39, 0.29) is 0 Å². The maximum Gasteiger partial charge on any atom is 0.0792 e. The molecule has 1 aromatic rings.